The van der Waals surface area contributed by atoms with Gasteiger partial charge >= 0.3 is 0 Å². The van der Waals surface area contributed by atoms with Gasteiger partial charge in [-0.25, -0.2) is 19.9 Å². The Morgan fingerprint density at radius 2 is 1.24 bits per heavy atom. The van der Waals surface area contributed by atoms with Gasteiger partial charge in [0, 0.05) is 28.7 Å². The molecule has 5 aliphatic carbocycles. The molecule has 3 atom stereocenters. The van der Waals surface area contributed by atoms with E-state index in [1.807, 2.05) is 0 Å². The Balaban J connectivity index is 0.917. The summed E-state index contributed by atoms with van der Waals surface area (Å²) in [4.78, 5) is 20.9. The Bertz CT molecular complexity index is 3090. The number of hydrogen-bond donors (Lipinski definition) is 0. The molecule has 62 heavy (non-hydrogen) atoms. The van der Waals surface area contributed by atoms with Crippen LogP contribution in [0, 0.1) is 5.92 Å². The largest absolute Gasteiger partial charge is 0.248 e. The third kappa shape index (κ3) is 7.62. The maximum Gasteiger partial charge on any atom is 0.163 e. The molecule has 2 heterocycles. The van der Waals surface area contributed by atoms with Crippen LogP contribution in [0.2, 0.25) is 0 Å². The van der Waals surface area contributed by atoms with Crippen LogP contribution in [0.1, 0.15) is 85.3 Å². The first-order chi connectivity index (χ1) is 30.7. The zero-order chi connectivity index (χ0) is 41.2. The van der Waals surface area contributed by atoms with Gasteiger partial charge in [-0.05, 0) is 112 Å². The molecule has 11 rings (SSSR count). The van der Waals surface area contributed by atoms with Gasteiger partial charge in [-0.1, -0.05) is 176 Å². The second-order valence-electron chi connectivity index (χ2n) is 17.0. The molecule has 4 heteroatoms. The number of rotatable bonds is 8. The average Bonchev–Trinajstić information content (AvgIpc) is 3.37. The van der Waals surface area contributed by atoms with E-state index in [9.17, 15) is 0 Å². The van der Waals surface area contributed by atoms with Crippen LogP contribution in [0.4, 0.5) is 0 Å². The van der Waals surface area contributed by atoms with E-state index < -0.39 is 0 Å². The molecular weight excluding hydrogens is 753 g/mol. The molecule has 3 unspecified atom stereocenters. The minimum atomic E-state index is 0.0507. The van der Waals surface area contributed by atoms with Crippen LogP contribution in [0.5, 0.6) is 0 Å². The van der Waals surface area contributed by atoms with Crippen molar-refractivity contribution in [1.29, 1.82) is 0 Å². The fraction of sp³-hybridized carbons (Fsp3) is 0.172. The van der Waals surface area contributed by atoms with Crippen molar-refractivity contribution in [3.63, 3.8) is 0 Å². The summed E-state index contributed by atoms with van der Waals surface area (Å²) in [5, 5.41) is 3.86. The van der Waals surface area contributed by atoms with Crippen LogP contribution < -0.4 is 10.4 Å². The Morgan fingerprint density at radius 1 is 0.516 bits per heavy atom. The summed E-state index contributed by atoms with van der Waals surface area (Å²) in [6.45, 7) is 0. The van der Waals surface area contributed by atoms with Gasteiger partial charge in [-0.3, -0.25) is 0 Å². The number of nitrogens with zero attached hydrogens (tertiary/aromatic N) is 4. The molecule has 0 aliphatic heterocycles. The second kappa shape index (κ2) is 16.8. The molecule has 5 aliphatic rings. The summed E-state index contributed by atoms with van der Waals surface area (Å²) in [5.74, 6) is 2.77. The number of fused-ring (bicyclic) bond motifs is 3. The van der Waals surface area contributed by atoms with Crippen LogP contribution in [0.15, 0.2) is 182 Å². The second-order valence-corrected chi connectivity index (χ2v) is 17.0. The molecule has 0 fully saturated rings. The maximum atomic E-state index is 5.31. The molecule has 4 nitrogen and oxygen atoms in total. The molecule has 0 N–H and O–H groups in total. The van der Waals surface area contributed by atoms with Crippen molar-refractivity contribution in [3.05, 3.63) is 221 Å². The van der Waals surface area contributed by atoms with Gasteiger partial charge in [0.25, 0.3) is 0 Å². The predicted octanol–water partition coefficient (Wildman–Crippen LogP) is 12.6. The quantitative estimate of drug-likeness (QED) is 0.154. The average molecular weight is 801 g/mol. The Hall–Kier alpha value is -7.04. The van der Waals surface area contributed by atoms with Crippen LogP contribution >= 0.6 is 0 Å². The topological polar surface area (TPSA) is 51.6 Å². The number of benzene rings is 4. The molecule has 0 bridgehead atoms. The summed E-state index contributed by atoms with van der Waals surface area (Å²) in [6.07, 6.45) is 39.4. The van der Waals surface area contributed by atoms with Gasteiger partial charge in [0.05, 0.1) is 11.2 Å². The summed E-state index contributed by atoms with van der Waals surface area (Å²) >= 11 is 0. The molecule has 0 saturated heterocycles. The molecule has 0 saturated carbocycles. The zero-order valence-corrected chi connectivity index (χ0v) is 34.9. The van der Waals surface area contributed by atoms with E-state index in [1.54, 1.807) is 0 Å². The van der Waals surface area contributed by atoms with Crippen molar-refractivity contribution in [2.75, 3.05) is 0 Å². The Labute approximate surface area is 364 Å². The fourth-order valence-electron chi connectivity index (χ4n) is 9.58. The van der Waals surface area contributed by atoms with Crippen molar-refractivity contribution in [2.24, 2.45) is 5.92 Å². The standard InChI is InChI=1S/C58H48N4/c1-5-13-39(14-6-1)41-21-28-47(29-22-41)56-60-57(48-30-23-42(24-31-48)40-15-7-2-8-16-40)62-58(61-56)49-32-25-43(26-33-49)50-34-27-45-35-36-53-55(51(45)37-50)52(44-17-9-3-10-18-44)38-54(59-53)46-19-11-4-12-20-46/h1-2,4-9,11,13-19,21-30,32,35-38,48-50H,3,10,12,20,31,33-34H2. The third-order valence-electron chi connectivity index (χ3n) is 13.0. The molecule has 0 radical (unpaired) electrons. The smallest absolute Gasteiger partial charge is 0.163 e. The highest BCUT2D eigenvalue weighted by Gasteiger charge is 2.24. The van der Waals surface area contributed by atoms with Crippen molar-refractivity contribution in [3.8, 4) is 22.5 Å². The molecule has 0 amide bonds. The van der Waals surface area contributed by atoms with Gasteiger partial charge < -0.3 is 0 Å². The summed E-state index contributed by atoms with van der Waals surface area (Å²) < 4.78 is 0. The Morgan fingerprint density at radius 3 is 1.94 bits per heavy atom. The molecule has 6 aromatic rings. The maximum absolute atomic E-state index is 5.31. The van der Waals surface area contributed by atoms with E-state index in [-0.39, 0.29) is 17.8 Å². The first-order valence-electron chi connectivity index (χ1n) is 22.3. The fourth-order valence-corrected chi connectivity index (χ4v) is 9.58. The highest BCUT2D eigenvalue weighted by atomic mass is 15.0. The van der Waals surface area contributed by atoms with Crippen molar-refractivity contribution in [1.82, 2.24) is 19.9 Å². The minimum absolute atomic E-state index is 0.0507. The SMILES string of the molecule is C1=CCCC(c2cc(C3=CCCC=C3)c3c4c(ccc3n2)=CCC(C2=CCC(c3nc(-c5ccc(-c6ccccc6)cc5)nc(C5C=CC(c6ccccc6)=CC5)n3)C=C2)C=4)=C1. The van der Waals surface area contributed by atoms with Crippen molar-refractivity contribution < 1.29 is 0 Å². The molecular formula is C58H48N4. The van der Waals surface area contributed by atoms with Gasteiger partial charge in [-0.2, -0.15) is 0 Å². The zero-order valence-electron chi connectivity index (χ0n) is 34.9. The summed E-state index contributed by atoms with van der Waals surface area (Å²) in [6, 6.07) is 36.6. The summed E-state index contributed by atoms with van der Waals surface area (Å²) in [5.41, 5.74) is 13.3. The predicted molar refractivity (Wildman–Crippen MR) is 257 cm³/mol. The van der Waals surface area contributed by atoms with Crippen LogP contribution in [-0.2, 0) is 0 Å². The van der Waals surface area contributed by atoms with E-state index in [0.717, 1.165) is 79.2 Å². The lowest BCUT2D eigenvalue weighted by molar-refractivity contribution is 0.693. The first-order valence-corrected chi connectivity index (χ1v) is 22.3. The van der Waals surface area contributed by atoms with Crippen LogP contribution in [0.3, 0.4) is 0 Å². The van der Waals surface area contributed by atoms with E-state index >= 15 is 0 Å². The number of hydrogen-bond acceptors (Lipinski definition) is 4. The van der Waals surface area contributed by atoms with Gasteiger partial charge in [-0.15, -0.1) is 0 Å². The van der Waals surface area contributed by atoms with Gasteiger partial charge in [0.2, 0.25) is 0 Å². The minimum Gasteiger partial charge on any atom is -0.248 e. The van der Waals surface area contributed by atoms with Gasteiger partial charge in [0.15, 0.2) is 5.82 Å². The molecule has 2 aromatic heterocycles. The van der Waals surface area contributed by atoms with Crippen LogP contribution in [0.25, 0.3) is 62.3 Å². The first kappa shape index (κ1) is 37.9. The van der Waals surface area contributed by atoms with E-state index in [4.69, 9.17) is 19.9 Å². The number of aromatic nitrogens is 4. The van der Waals surface area contributed by atoms with E-state index in [1.165, 1.54) is 60.4 Å². The third-order valence-corrected chi connectivity index (χ3v) is 13.0. The Kier molecular flexibility index (Phi) is 10.3. The lowest BCUT2D eigenvalue weighted by Gasteiger charge is -2.23. The lowest BCUT2D eigenvalue weighted by atomic mass is 9.83. The monoisotopic (exact) mass is 800 g/mol. The normalized spacial score (nSPS) is 20.4. The molecule has 4 aromatic carbocycles. The summed E-state index contributed by atoms with van der Waals surface area (Å²) in [7, 11) is 0. The van der Waals surface area contributed by atoms with Crippen LogP contribution in [-0.4, -0.2) is 19.9 Å². The van der Waals surface area contributed by atoms with E-state index in [2.05, 4.69) is 188 Å². The highest BCUT2D eigenvalue weighted by molar-refractivity contribution is 5.97. The van der Waals surface area contributed by atoms with Crippen molar-refractivity contribution >= 4 is 39.8 Å². The lowest BCUT2D eigenvalue weighted by Crippen LogP contribution is -2.31. The number of pyridine rings is 1. The van der Waals surface area contributed by atoms with Crippen molar-refractivity contribution in [2.45, 2.75) is 56.8 Å². The number of allylic oxidation sites excluding steroid dienone is 16. The molecule has 300 valence electrons. The molecule has 0 spiro atoms. The van der Waals surface area contributed by atoms with E-state index in [0.29, 0.717) is 0 Å². The van der Waals surface area contributed by atoms with Gasteiger partial charge in [0.1, 0.15) is 11.6 Å². The highest BCUT2D eigenvalue weighted by Crippen LogP contribution is 2.36.